The Morgan fingerprint density at radius 2 is 2.04 bits per heavy atom. The Balaban J connectivity index is 1.78. The van der Waals surface area contributed by atoms with E-state index in [0.29, 0.717) is 22.8 Å². The first kappa shape index (κ1) is 18.2. The highest BCUT2D eigenvalue weighted by atomic mass is 79.9. The monoisotopic (exact) mass is 429 g/mol. The molecule has 1 aliphatic rings. The third kappa shape index (κ3) is 4.14. The van der Waals surface area contributed by atoms with Crippen LogP contribution in [0, 0.1) is 0 Å². The van der Waals surface area contributed by atoms with Crippen LogP contribution in [0.1, 0.15) is 15.9 Å². The maximum atomic E-state index is 12.4. The minimum atomic E-state index is -4.79. The second kappa shape index (κ2) is 6.96. The molecule has 0 saturated heterocycles. The van der Waals surface area contributed by atoms with Gasteiger partial charge < -0.3 is 10.1 Å². The number of hydrogen-bond acceptors (Lipinski definition) is 5. The van der Waals surface area contributed by atoms with Crippen molar-refractivity contribution in [1.29, 1.82) is 0 Å². The van der Waals surface area contributed by atoms with Crippen molar-refractivity contribution in [2.75, 3.05) is 5.32 Å². The van der Waals surface area contributed by atoms with Gasteiger partial charge in [-0.3, -0.25) is 10.0 Å². The van der Waals surface area contributed by atoms with Crippen molar-refractivity contribution in [3.05, 3.63) is 52.0 Å². The molecule has 0 atom stereocenters. The van der Waals surface area contributed by atoms with Crippen molar-refractivity contribution in [3.63, 3.8) is 0 Å². The van der Waals surface area contributed by atoms with Crippen LogP contribution in [0.25, 0.3) is 0 Å². The van der Waals surface area contributed by atoms with Gasteiger partial charge in [0.1, 0.15) is 11.6 Å². The van der Waals surface area contributed by atoms with Gasteiger partial charge in [0.15, 0.2) is 0 Å². The summed E-state index contributed by atoms with van der Waals surface area (Å²) in [5.74, 6) is -0.505. The zero-order chi connectivity index (χ0) is 18.9. The molecule has 0 unspecified atom stereocenters. The van der Waals surface area contributed by atoms with E-state index in [-0.39, 0.29) is 22.2 Å². The van der Waals surface area contributed by atoms with Crippen LogP contribution in [0.3, 0.4) is 0 Å². The van der Waals surface area contributed by atoms with E-state index in [4.69, 9.17) is 5.21 Å². The molecule has 0 spiro atoms. The number of benzene rings is 2. The van der Waals surface area contributed by atoms with Gasteiger partial charge in [-0.2, -0.15) is 0 Å². The van der Waals surface area contributed by atoms with Gasteiger partial charge in [0.05, 0.1) is 10.2 Å². The van der Waals surface area contributed by atoms with Gasteiger partial charge in [-0.05, 0) is 51.8 Å². The molecule has 1 heterocycles. The number of carbonyl (C=O) groups excluding carboxylic acids is 1. The number of rotatable bonds is 3. The van der Waals surface area contributed by atoms with Crippen molar-refractivity contribution in [2.24, 2.45) is 4.99 Å². The first-order chi connectivity index (χ1) is 12.2. The molecule has 0 fully saturated rings. The number of hydrogen-bond donors (Lipinski definition) is 3. The van der Waals surface area contributed by atoms with Crippen molar-refractivity contribution >= 4 is 39.0 Å². The quantitative estimate of drug-likeness (QED) is 0.505. The minimum Gasteiger partial charge on any atom is -0.405 e. The summed E-state index contributed by atoms with van der Waals surface area (Å²) in [5.41, 5.74) is 3.40. The van der Waals surface area contributed by atoms with Gasteiger partial charge in [0.2, 0.25) is 0 Å². The van der Waals surface area contributed by atoms with E-state index in [1.54, 1.807) is 12.1 Å². The predicted molar refractivity (Wildman–Crippen MR) is 90.9 cm³/mol. The number of nitrogens with one attached hydrogen (secondary N) is 2. The number of halogens is 4. The third-order valence-electron chi connectivity index (χ3n) is 3.49. The summed E-state index contributed by atoms with van der Waals surface area (Å²) >= 11 is 3.04. The smallest absolute Gasteiger partial charge is 0.405 e. The summed E-state index contributed by atoms with van der Waals surface area (Å²) in [7, 11) is 0. The zero-order valence-corrected chi connectivity index (χ0v) is 14.5. The van der Waals surface area contributed by atoms with Gasteiger partial charge in [-0.1, -0.05) is 6.07 Å². The highest BCUT2D eigenvalue weighted by molar-refractivity contribution is 9.10. The summed E-state index contributed by atoms with van der Waals surface area (Å²) in [6.07, 6.45) is -4.52. The normalized spacial score (nSPS) is 13.0. The molecule has 3 N–H and O–H groups in total. The number of hydroxylamine groups is 1. The second-order valence-corrected chi connectivity index (χ2v) is 6.20. The first-order valence-electron chi connectivity index (χ1n) is 7.22. The number of aliphatic imine (C=N–C) groups is 1. The number of amidine groups is 1. The molecule has 0 aliphatic carbocycles. The lowest BCUT2D eigenvalue weighted by Crippen LogP contribution is -2.19. The van der Waals surface area contributed by atoms with E-state index in [9.17, 15) is 18.0 Å². The second-order valence-electron chi connectivity index (χ2n) is 5.34. The molecule has 136 valence electrons. The molecule has 0 saturated carbocycles. The Morgan fingerprint density at radius 1 is 1.27 bits per heavy atom. The molecule has 2 aromatic rings. The largest absolute Gasteiger partial charge is 0.573 e. The van der Waals surface area contributed by atoms with Crippen LogP contribution in [0.15, 0.2) is 45.9 Å². The van der Waals surface area contributed by atoms with E-state index < -0.39 is 12.3 Å². The Bertz CT molecular complexity index is 900. The molecule has 2 aromatic carbocycles. The fraction of sp³-hybridized carbons (Fsp3) is 0.125. The number of anilines is 1. The Labute approximate surface area is 153 Å². The fourth-order valence-electron chi connectivity index (χ4n) is 2.44. The summed E-state index contributed by atoms with van der Waals surface area (Å²) in [6.45, 7) is 0. The zero-order valence-electron chi connectivity index (χ0n) is 12.9. The average Bonchev–Trinajstić information content (AvgIpc) is 2.94. The fourth-order valence-corrected chi connectivity index (χ4v) is 2.85. The predicted octanol–water partition coefficient (Wildman–Crippen LogP) is 4.16. The van der Waals surface area contributed by atoms with Crippen LogP contribution >= 0.6 is 15.9 Å². The van der Waals surface area contributed by atoms with E-state index in [2.05, 4.69) is 31.0 Å². The molecule has 0 bridgehead atoms. The third-order valence-corrected chi connectivity index (χ3v) is 4.11. The number of amides is 1. The SMILES string of the molecule is O=C(NO)c1cccc(NC2=Nc3cc(Br)c(OC(F)(F)F)cc3C2)c1. The van der Waals surface area contributed by atoms with Crippen molar-refractivity contribution in [2.45, 2.75) is 12.8 Å². The first-order valence-corrected chi connectivity index (χ1v) is 8.02. The number of fused-ring (bicyclic) bond motifs is 1. The van der Waals surface area contributed by atoms with E-state index in [0.717, 1.165) is 0 Å². The maximum Gasteiger partial charge on any atom is 0.573 e. The van der Waals surface area contributed by atoms with Gasteiger partial charge >= 0.3 is 6.36 Å². The Hall–Kier alpha value is -2.59. The molecule has 0 aromatic heterocycles. The van der Waals surface area contributed by atoms with Crippen LogP contribution in [0.2, 0.25) is 0 Å². The summed E-state index contributed by atoms with van der Waals surface area (Å²) < 4.78 is 41.4. The van der Waals surface area contributed by atoms with Crippen LogP contribution < -0.4 is 15.5 Å². The number of ether oxygens (including phenoxy) is 1. The molecule has 3 rings (SSSR count). The molecular weight excluding hydrogens is 419 g/mol. The van der Waals surface area contributed by atoms with Crippen LogP contribution in [0.5, 0.6) is 5.75 Å². The van der Waals surface area contributed by atoms with Gasteiger partial charge in [-0.25, -0.2) is 10.5 Å². The van der Waals surface area contributed by atoms with Gasteiger partial charge in [0, 0.05) is 17.7 Å². The lowest BCUT2D eigenvalue weighted by molar-refractivity contribution is -0.274. The summed E-state index contributed by atoms with van der Waals surface area (Å²) in [4.78, 5) is 15.8. The molecule has 10 heteroatoms. The maximum absolute atomic E-state index is 12.4. The molecule has 1 amide bonds. The topological polar surface area (TPSA) is 83.0 Å². The van der Waals surface area contributed by atoms with Crippen molar-refractivity contribution in [1.82, 2.24) is 5.48 Å². The van der Waals surface area contributed by atoms with Crippen LogP contribution in [-0.2, 0) is 6.42 Å². The summed E-state index contributed by atoms with van der Waals surface area (Å²) in [5, 5.41) is 11.7. The molecular formula is C16H11BrF3N3O3. The highest BCUT2D eigenvalue weighted by Gasteiger charge is 2.32. The number of nitrogens with zero attached hydrogens (tertiary/aromatic N) is 1. The molecule has 6 nitrogen and oxygen atoms in total. The lowest BCUT2D eigenvalue weighted by atomic mass is 10.1. The van der Waals surface area contributed by atoms with Crippen molar-refractivity contribution in [3.8, 4) is 5.75 Å². The van der Waals surface area contributed by atoms with E-state index in [1.807, 2.05) is 0 Å². The number of alkyl halides is 3. The minimum absolute atomic E-state index is 0.139. The molecule has 26 heavy (non-hydrogen) atoms. The van der Waals surface area contributed by atoms with Crippen LogP contribution in [0.4, 0.5) is 24.5 Å². The standard InChI is InChI=1S/C16H11BrF3N3O3/c17-11-7-12-9(5-13(11)26-16(18,19)20)6-14(22-12)21-10-3-1-2-8(4-10)15(24)23-25/h1-5,7,25H,6H2,(H,21,22)(H,23,24). The Kier molecular flexibility index (Phi) is 4.88. The number of carbonyl (C=O) groups is 1. The highest BCUT2D eigenvalue weighted by Crippen LogP contribution is 2.38. The molecule has 0 radical (unpaired) electrons. The van der Waals surface area contributed by atoms with Crippen LogP contribution in [-0.4, -0.2) is 23.3 Å². The van der Waals surface area contributed by atoms with Gasteiger partial charge in [0.25, 0.3) is 5.91 Å². The van der Waals surface area contributed by atoms with E-state index >= 15 is 0 Å². The summed E-state index contributed by atoms with van der Waals surface area (Å²) in [6, 6.07) is 9.04. The van der Waals surface area contributed by atoms with E-state index in [1.165, 1.54) is 29.7 Å². The average molecular weight is 430 g/mol. The van der Waals surface area contributed by atoms with Gasteiger partial charge in [-0.15, -0.1) is 13.2 Å². The van der Waals surface area contributed by atoms with Crippen molar-refractivity contribution < 1.29 is 27.9 Å². The Morgan fingerprint density at radius 3 is 2.73 bits per heavy atom. The lowest BCUT2D eigenvalue weighted by Gasteiger charge is -2.11. The molecule has 1 aliphatic heterocycles.